The van der Waals surface area contributed by atoms with Gasteiger partial charge in [0.15, 0.2) is 11.7 Å². The number of hydrogen-bond donors (Lipinski definition) is 1. The summed E-state index contributed by atoms with van der Waals surface area (Å²) >= 11 is 6.35. The summed E-state index contributed by atoms with van der Waals surface area (Å²) < 4.78 is 47.3. The average Bonchev–Trinajstić information content (AvgIpc) is 3.20. The zero-order valence-electron chi connectivity index (χ0n) is 15.0. The molecule has 1 fully saturated rings. The molecule has 0 radical (unpaired) electrons. The van der Waals surface area contributed by atoms with Crippen LogP contribution in [0.25, 0.3) is 0 Å². The number of hydrogen-bond acceptors (Lipinski definition) is 4. The quantitative estimate of drug-likeness (QED) is 0.763. The van der Waals surface area contributed by atoms with Crippen molar-refractivity contribution in [3.05, 3.63) is 34.9 Å². The zero-order chi connectivity index (χ0) is 19.9. The molecule has 2 aromatic heterocycles. The van der Waals surface area contributed by atoms with Gasteiger partial charge in [0.25, 0.3) is 5.91 Å². The molecule has 0 spiro atoms. The normalized spacial score (nSPS) is 23.1. The molecule has 2 aromatic rings. The Hall–Kier alpha value is -2.16. The lowest BCUT2D eigenvalue weighted by Gasteiger charge is -2.32. The van der Waals surface area contributed by atoms with E-state index in [1.165, 1.54) is 6.26 Å². The summed E-state index contributed by atoms with van der Waals surface area (Å²) in [5.41, 5.74) is -0.139. The molecule has 0 bridgehead atoms. The minimum absolute atomic E-state index is 0.00480. The molecular weight excluding hydrogens is 397 g/mol. The smallest absolute Gasteiger partial charge is 0.410 e. The Balaban J connectivity index is 1.70. The lowest BCUT2D eigenvalue weighted by atomic mass is 10.0. The van der Waals surface area contributed by atoms with Gasteiger partial charge in [-0.1, -0.05) is 24.4 Å². The first-order valence-corrected chi connectivity index (χ1v) is 9.68. The van der Waals surface area contributed by atoms with E-state index in [-0.39, 0.29) is 23.0 Å². The Morgan fingerprint density at radius 2 is 1.96 bits per heavy atom. The monoisotopic (exact) mass is 416 g/mol. The van der Waals surface area contributed by atoms with Gasteiger partial charge in [-0.2, -0.15) is 18.3 Å². The third-order valence-corrected chi connectivity index (χ3v) is 5.64. The van der Waals surface area contributed by atoms with E-state index in [0.717, 1.165) is 30.4 Å². The first kappa shape index (κ1) is 19.2. The Morgan fingerprint density at radius 3 is 2.57 bits per heavy atom. The van der Waals surface area contributed by atoms with Gasteiger partial charge in [-0.3, -0.25) is 4.79 Å². The second-order valence-electron chi connectivity index (χ2n) is 7.17. The number of carbonyl (C=O) groups excluding carboxylic acids is 1. The molecule has 1 saturated heterocycles. The molecule has 2 aliphatic rings. The van der Waals surface area contributed by atoms with Crippen molar-refractivity contribution >= 4 is 23.3 Å². The maximum Gasteiger partial charge on any atom is 0.410 e. The van der Waals surface area contributed by atoms with Gasteiger partial charge < -0.3 is 14.6 Å². The number of fused-ring (bicyclic) bond motifs is 1. The summed E-state index contributed by atoms with van der Waals surface area (Å²) in [5.74, 6) is -0.0564. The third-order valence-electron chi connectivity index (χ3n) is 5.28. The highest BCUT2D eigenvalue weighted by atomic mass is 35.5. The van der Waals surface area contributed by atoms with Gasteiger partial charge >= 0.3 is 6.18 Å². The highest BCUT2D eigenvalue weighted by Crippen LogP contribution is 2.46. The lowest BCUT2D eigenvalue weighted by Crippen LogP contribution is -2.36. The van der Waals surface area contributed by atoms with E-state index in [2.05, 4.69) is 10.4 Å². The van der Waals surface area contributed by atoms with Crippen LogP contribution < -0.4 is 5.32 Å². The van der Waals surface area contributed by atoms with Crippen LogP contribution in [0.15, 0.2) is 22.8 Å². The van der Waals surface area contributed by atoms with Crippen LogP contribution in [0.2, 0.25) is 5.02 Å². The van der Waals surface area contributed by atoms with Crippen molar-refractivity contribution in [3.63, 3.8) is 0 Å². The summed E-state index contributed by atoms with van der Waals surface area (Å²) in [6.45, 7) is 1.12. The topological polar surface area (TPSA) is 63.3 Å². The van der Waals surface area contributed by atoms with Crippen LogP contribution in [-0.2, 0) is 0 Å². The van der Waals surface area contributed by atoms with E-state index in [1.807, 2.05) is 0 Å². The second kappa shape index (κ2) is 7.35. The molecular formula is C18H20ClF3N4O2. The number of nitrogens with zero attached hydrogens (tertiary/aromatic N) is 3. The largest absolute Gasteiger partial charge is 0.467 e. The van der Waals surface area contributed by atoms with Crippen LogP contribution >= 0.6 is 11.6 Å². The van der Waals surface area contributed by atoms with E-state index in [0.29, 0.717) is 18.8 Å². The van der Waals surface area contributed by atoms with Crippen molar-refractivity contribution in [2.75, 3.05) is 18.4 Å². The molecule has 1 N–H and O–H groups in total. The number of likely N-dealkylation sites (tertiary alicyclic amines) is 1. The predicted molar refractivity (Wildman–Crippen MR) is 96.4 cm³/mol. The Morgan fingerprint density at radius 1 is 1.25 bits per heavy atom. The average molecular weight is 417 g/mol. The number of rotatable bonds is 2. The lowest BCUT2D eigenvalue weighted by molar-refractivity contribution is -0.174. The van der Waals surface area contributed by atoms with Crippen molar-refractivity contribution < 1.29 is 22.4 Å². The van der Waals surface area contributed by atoms with Crippen LogP contribution in [0.4, 0.5) is 19.0 Å². The molecule has 152 valence electrons. The number of nitrogens with one attached hydrogen (secondary N) is 1. The molecule has 2 aliphatic heterocycles. The van der Waals surface area contributed by atoms with Gasteiger partial charge in [0.05, 0.1) is 12.3 Å². The van der Waals surface area contributed by atoms with E-state index < -0.39 is 24.2 Å². The highest BCUT2D eigenvalue weighted by molar-refractivity contribution is 6.36. The van der Waals surface area contributed by atoms with E-state index in [4.69, 9.17) is 16.0 Å². The Bertz CT molecular complexity index is 842. The summed E-state index contributed by atoms with van der Waals surface area (Å²) in [6, 6.07) is 0.599. The summed E-state index contributed by atoms with van der Waals surface area (Å²) in [5, 5.41) is 6.88. The van der Waals surface area contributed by atoms with E-state index in [9.17, 15) is 18.0 Å². The highest BCUT2D eigenvalue weighted by Gasteiger charge is 2.48. The molecule has 0 aliphatic carbocycles. The predicted octanol–water partition coefficient (Wildman–Crippen LogP) is 4.81. The van der Waals surface area contributed by atoms with Gasteiger partial charge in [-0.15, -0.1) is 0 Å². The fraction of sp³-hybridized carbons (Fsp3) is 0.556. The van der Waals surface area contributed by atoms with Gasteiger partial charge in [0.1, 0.15) is 16.6 Å². The summed E-state index contributed by atoms with van der Waals surface area (Å²) in [4.78, 5) is 14.5. The number of amides is 1. The fourth-order valence-electron chi connectivity index (χ4n) is 3.83. The SMILES string of the molecule is O=C(c1nn2c(c1Cl)N[C@@H](c1ccco1)C[C@H]2C(F)(F)F)N1CCCCCC1. The number of carbonyl (C=O) groups is 1. The van der Waals surface area contributed by atoms with Crippen LogP contribution in [0.1, 0.15) is 60.4 Å². The molecule has 6 nitrogen and oxygen atoms in total. The maximum absolute atomic E-state index is 13.7. The number of anilines is 1. The third kappa shape index (κ3) is 3.47. The van der Waals surface area contributed by atoms with Crippen molar-refractivity contribution in [3.8, 4) is 0 Å². The number of halogens is 4. The number of aromatic nitrogens is 2. The fourth-order valence-corrected chi connectivity index (χ4v) is 4.09. The molecule has 4 heterocycles. The number of furan rings is 1. The maximum atomic E-state index is 13.7. The molecule has 0 aromatic carbocycles. The van der Waals surface area contributed by atoms with Crippen molar-refractivity contribution in [1.82, 2.24) is 14.7 Å². The minimum atomic E-state index is -4.54. The van der Waals surface area contributed by atoms with E-state index >= 15 is 0 Å². The molecule has 4 rings (SSSR count). The van der Waals surface area contributed by atoms with Crippen LogP contribution in [0.3, 0.4) is 0 Å². The zero-order valence-corrected chi connectivity index (χ0v) is 15.8. The van der Waals surface area contributed by atoms with Gasteiger partial charge in [0.2, 0.25) is 0 Å². The molecule has 0 saturated carbocycles. The first-order chi connectivity index (χ1) is 13.4. The first-order valence-electron chi connectivity index (χ1n) is 9.30. The van der Waals surface area contributed by atoms with Crippen LogP contribution in [0, 0.1) is 0 Å². The summed E-state index contributed by atoms with van der Waals surface area (Å²) in [7, 11) is 0. The second-order valence-corrected chi connectivity index (χ2v) is 7.55. The summed E-state index contributed by atoms with van der Waals surface area (Å²) in [6.07, 6.45) is 0.335. The van der Waals surface area contributed by atoms with Crippen molar-refractivity contribution in [1.29, 1.82) is 0 Å². The van der Waals surface area contributed by atoms with E-state index in [1.54, 1.807) is 17.0 Å². The van der Waals surface area contributed by atoms with Gasteiger partial charge in [0, 0.05) is 19.5 Å². The van der Waals surface area contributed by atoms with Gasteiger partial charge in [-0.25, -0.2) is 4.68 Å². The molecule has 2 atom stereocenters. The van der Waals surface area contributed by atoms with Crippen molar-refractivity contribution in [2.45, 2.75) is 50.4 Å². The Kier molecular flexibility index (Phi) is 5.03. The van der Waals surface area contributed by atoms with Crippen LogP contribution in [-0.4, -0.2) is 39.9 Å². The standard InChI is InChI=1S/C18H20ClF3N4O2/c19-14-15(17(27)25-7-3-1-2-4-8-25)24-26-13(18(20,21)22)10-11(23-16(14)26)12-6-5-9-28-12/h5-6,9,11,13,23H,1-4,7-8,10H2/t11-,13+/m1/s1. The number of alkyl halides is 3. The van der Waals surface area contributed by atoms with Gasteiger partial charge in [-0.05, 0) is 25.0 Å². The molecule has 10 heteroatoms. The van der Waals surface area contributed by atoms with Crippen LogP contribution in [0.5, 0.6) is 0 Å². The minimum Gasteiger partial charge on any atom is -0.467 e. The Labute approximate surface area is 164 Å². The molecule has 0 unspecified atom stereocenters. The van der Waals surface area contributed by atoms with Crippen molar-refractivity contribution in [2.24, 2.45) is 0 Å². The molecule has 1 amide bonds. The molecule has 28 heavy (non-hydrogen) atoms.